The third-order valence-electron chi connectivity index (χ3n) is 1.47. The highest BCUT2D eigenvalue weighted by Gasteiger charge is 2.07. The Kier molecular flexibility index (Phi) is 1.53. The molecule has 0 aliphatic rings. The van der Waals surface area contributed by atoms with Crippen molar-refractivity contribution in [2.45, 2.75) is 6.61 Å². The van der Waals surface area contributed by atoms with Gasteiger partial charge in [-0.25, -0.2) is 9.13 Å². The Morgan fingerprint density at radius 3 is 2.67 bits per heavy atom. The van der Waals surface area contributed by atoms with Gasteiger partial charge in [0.05, 0.1) is 14.1 Å². The van der Waals surface area contributed by atoms with Gasteiger partial charge in [-0.15, -0.1) is 0 Å². The molecule has 3 heteroatoms. The zero-order valence-electron chi connectivity index (χ0n) is 5.70. The minimum Gasteiger partial charge on any atom is -0.384 e. The van der Waals surface area contributed by atoms with Crippen molar-refractivity contribution in [2.75, 3.05) is 0 Å². The fourth-order valence-corrected chi connectivity index (χ4v) is 0.844. The van der Waals surface area contributed by atoms with Crippen molar-refractivity contribution in [2.24, 2.45) is 14.1 Å². The Bertz CT molecular complexity index is 185. The van der Waals surface area contributed by atoms with Crippen molar-refractivity contribution < 1.29 is 9.67 Å². The van der Waals surface area contributed by atoms with Crippen LogP contribution in [0.5, 0.6) is 0 Å². The van der Waals surface area contributed by atoms with Gasteiger partial charge >= 0.3 is 0 Å². The summed E-state index contributed by atoms with van der Waals surface area (Å²) in [6.45, 7) is 0.0972. The Morgan fingerprint density at radius 2 is 2.44 bits per heavy atom. The number of nitrogens with zero attached hydrogens (tertiary/aromatic N) is 2. The molecule has 0 fully saturated rings. The molecule has 0 saturated carbocycles. The lowest BCUT2D eigenvalue weighted by Crippen LogP contribution is -2.31. The number of hydrogen-bond acceptors (Lipinski definition) is 1. The number of hydrogen-bond donors (Lipinski definition) is 1. The van der Waals surface area contributed by atoms with Crippen LogP contribution in [0.3, 0.4) is 0 Å². The van der Waals surface area contributed by atoms with Gasteiger partial charge in [-0.05, 0) is 0 Å². The van der Waals surface area contributed by atoms with Gasteiger partial charge in [0.1, 0.15) is 19.0 Å². The number of rotatable bonds is 1. The van der Waals surface area contributed by atoms with Gasteiger partial charge in [0.25, 0.3) is 5.82 Å². The lowest BCUT2D eigenvalue weighted by atomic mass is 10.6. The highest BCUT2D eigenvalue weighted by atomic mass is 16.3. The number of imidazole rings is 1. The van der Waals surface area contributed by atoms with E-state index in [9.17, 15) is 0 Å². The minimum atomic E-state index is 0.0972. The summed E-state index contributed by atoms with van der Waals surface area (Å²) in [4.78, 5) is 0. The van der Waals surface area contributed by atoms with Gasteiger partial charge in [-0.1, -0.05) is 0 Å². The Balaban J connectivity index is 3.07. The highest BCUT2D eigenvalue weighted by Crippen LogP contribution is 1.88. The molecular weight excluding hydrogens is 116 g/mol. The standard InChI is InChI=1S/C6H11N2O/c1-7-3-4-8(2)6(7)5-9/h3-4,9H,5H2,1-2H3/q+1. The first-order chi connectivity index (χ1) is 4.25. The van der Waals surface area contributed by atoms with Gasteiger partial charge in [0.2, 0.25) is 0 Å². The van der Waals surface area contributed by atoms with E-state index in [0.29, 0.717) is 0 Å². The number of aliphatic hydroxyl groups is 1. The van der Waals surface area contributed by atoms with Crippen molar-refractivity contribution >= 4 is 0 Å². The molecule has 0 aromatic carbocycles. The maximum absolute atomic E-state index is 8.75. The predicted octanol–water partition coefficient (Wildman–Crippen LogP) is -0.658. The SMILES string of the molecule is Cn1cc[n+](C)c1CO. The monoisotopic (exact) mass is 127 g/mol. The average Bonchev–Trinajstić information content (AvgIpc) is 2.12. The molecule has 0 amide bonds. The van der Waals surface area contributed by atoms with E-state index in [4.69, 9.17) is 5.11 Å². The maximum Gasteiger partial charge on any atom is 0.282 e. The molecule has 1 aromatic heterocycles. The van der Waals surface area contributed by atoms with E-state index in [0.717, 1.165) is 5.82 Å². The maximum atomic E-state index is 8.75. The van der Waals surface area contributed by atoms with Crippen molar-refractivity contribution in [1.29, 1.82) is 0 Å². The predicted molar refractivity (Wildman–Crippen MR) is 32.5 cm³/mol. The van der Waals surface area contributed by atoms with E-state index < -0.39 is 0 Å². The van der Waals surface area contributed by atoms with E-state index in [1.807, 2.05) is 35.6 Å². The van der Waals surface area contributed by atoms with Gasteiger partial charge in [-0.3, -0.25) is 0 Å². The van der Waals surface area contributed by atoms with Crippen molar-refractivity contribution in [1.82, 2.24) is 4.57 Å². The van der Waals surface area contributed by atoms with Gasteiger partial charge in [-0.2, -0.15) is 0 Å². The second kappa shape index (κ2) is 2.19. The highest BCUT2D eigenvalue weighted by molar-refractivity contribution is 4.77. The summed E-state index contributed by atoms with van der Waals surface area (Å²) in [5.74, 6) is 0.912. The number of aliphatic hydroxyl groups excluding tert-OH is 1. The van der Waals surface area contributed by atoms with E-state index in [-0.39, 0.29) is 6.61 Å². The third kappa shape index (κ3) is 0.954. The van der Waals surface area contributed by atoms with Crippen LogP contribution in [0, 0.1) is 0 Å². The molecule has 0 bridgehead atoms. The molecule has 3 nitrogen and oxygen atoms in total. The van der Waals surface area contributed by atoms with Gasteiger partial charge in [0, 0.05) is 0 Å². The third-order valence-corrected chi connectivity index (χ3v) is 1.47. The first kappa shape index (κ1) is 6.29. The topological polar surface area (TPSA) is 29.0 Å². The first-order valence-corrected chi connectivity index (χ1v) is 2.86. The van der Waals surface area contributed by atoms with Crippen LogP contribution in [-0.2, 0) is 20.7 Å². The summed E-state index contributed by atoms with van der Waals surface area (Å²) in [6, 6.07) is 0. The first-order valence-electron chi connectivity index (χ1n) is 2.86. The molecule has 0 saturated heterocycles. The summed E-state index contributed by atoms with van der Waals surface area (Å²) in [6.07, 6.45) is 3.82. The Labute approximate surface area is 54.2 Å². The zero-order valence-corrected chi connectivity index (χ0v) is 5.70. The van der Waals surface area contributed by atoms with Crippen molar-refractivity contribution in [3.8, 4) is 0 Å². The molecule has 0 spiro atoms. The van der Waals surface area contributed by atoms with Crippen LogP contribution < -0.4 is 4.57 Å². The molecule has 0 unspecified atom stereocenters. The largest absolute Gasteiger partial charge is 0.384 e. The molecule has 1 heterocycles. The molecule has 0 atom stereocenters. The fourth-order valence-electron chi connectivity index (χ4n) is 0.844. The van der Waals surface area contributed by atoms with Crippen LogP contribution in [0.15, 0.2) is 12.4 Å². The summed E-state index contributed by atoms with van der Waals surface area (Å²) < 4.78 is 3.78. The second-order valence-electron chi connectivity index (χ2n) is 2.09. The fraction of sp³-hybridized carbons (Fsp3) is 0.500. The molecule has 1 aromatic rings. The number of aryl methyl sites for hydroxylation is 2. The molecule has 0 aliphatic heterocycles. The molecule has 0 aliphatic carbocycles. The Morgan fingerprint density at radius 1 is 1.78 bits per heavy atom. The van der Waals surface area contributed by atoms with E-state index in [2.05, 4.69) is 0 Å². The van der Waals surface area contributed by atoms with E-state index in [1.54, 1.807) is 0 Å². The van der Waals surface area contributed by atoms with Crippen LogP contribution in [0.4, 0.5) is 0 Å². The van der Waals surface area contributed by atoms with Gasteiger partial charge in [0.15, 0.2) is 0 Å². The smallest absolute Gasteiger partial charge is 0.282 e. The molecule has 1 N–H and O–H groups in total. The van der Waals surface area contributed by atoms with Crippen LogP contribution in [-0.4, -0.2) is 9.67 Å². The van der Waals surface area contributed by atoms with Gasteiger partial charge < -0.3 is 5.11 Å². The molecule has 9 heavy (non-hydrogen) atoms. The lowest BCUT2D eigenvalue weighted by molar-refractivity contribution is -0.680. The van der Waals surface area contributed by atoms with E-state index in [1.165, 1.54) is 0 Å². The summed E-state index contributed by atoms with van der Waals surface area (Å²) >= 11 is 0. The van der Waals surface area contributed by atoms with Crippen LogP contribution in [0.25, 0.3) is 0 Å². The minimum absolute atomic E-state index is 0.0972. The van der Waals surface area contributed by atoms with Crippen LogP contribution in [0.2, 0.25) is 0 Å². The quantitative estimate of drug-likeness (QED) is 0.499. The normalized spacial score (nSPS) is 10.1. The molecule has 50 valence electrons. The molecular formula is C6H11N2O+. The zero-order chi connectivity index (χ0) is 6.85. The van der Waals surface area contributed by atoms with Crippen LogP contribution >= 0.6 is 0 Å². The average molecular weight is 127 g/mol. The van der Waals surface area contributed by atoms with Crippen molar-refractivity contribution in [3.63, 3.8) is 0 Å². The van der Waals surface area contributed by atoms with Crippen molar-refractivity contribution in [3.05, 3.63) is 18.2 Å². The van der Waals surface area contributed by atoms with E-state index >= 15 is 0 Å². The summed E-state index contributed by atoms with van der Waals surface area (Å²) in [5, 5.41) is 8.75. The summed E-state index contributed by atoms with van der Waals surface area (Å²) in [5.41, 5.74) is 0. The summed E-state index contributed by atoms with van der Waals surface area (Å²) in [7, 11) is 3.82. The van der Waals surface area contributed by atoms with Crippen LogP contribution in [0.1, 0.15) is 5.82 Å². The Hall–Kier alpha value is -0.830. The molecule has 0 radical (unpaired) electrons. The molecule has 1 rings (SSSR count). The number of aromatic nitrogens is 2. The second-order valence-corrected chi connectivity index (χ2v) is 2.09. The lowest BCUT2D eigenvalue weighted by Gasteiger charge is -1.89.